The molecule has 0 aromatic heterocycles. The van der Waals surface area contributed by atoms with Gasteiger partial charge in [-0.05, 0) is 43.5 Å². The summed E-state index contributed by atoms with van der Waals surface area (Å²) in [6.45, 7) is 2.04. The van der Waals surface area contributed by atoms with Crippen LogP contribution in [0.15, 0.2) is 65.6 Å². The predicted octanol–water partition coefficient (Wildman–Crippen LogP) is 4.26. The van der Waals surface area contributed by atoms with Crippen molar-refractivity contribution in [2.75, 3.05) is 17.7 Å². The Kier molecular flexibility index (Phi) is 7.19. The number of amides is 1. The van der Waals surface area contributed by atoms with Crippen molar-refractivity contribution < 1.29 is 9.00 Å². The van der Waals surface area contributed by atoms with Gasteiger partial charge in [0, 0.05) is 29.3 Å². The molecule has 24 heavy (non-hydrogen) atoms. The number of carbonyl (C=O) groups is 1. The van der Waals surface area contributed by atoms with Crippen LogP contribution in [0.25, 0.3) is 0 Å². The standard InChI is InChI=1S/C20H25NO2S/c1-3-17(20(22)21(2)18-12-6-4-7-13-18)11-10-16-24(23)19-14-8-5-9-15-19/h4-9,12-15,17H,3,10-11,16H2,1-2H3. The Morgan fingerprint density at radius 3 is 2.21 bits per heavy atom. The van der Waals surface area contributed by atoms with Gasteiger partial charge in [0.15, 0.2) is 0 Å². The van der Waals surface area contributed by atoms with E-state index in [4.69, 9.17) is 0 Å². The van der Waals surface area contributed by atoms with E-state index in [1.807, 2.05) is 74.6 Å². The van der Waals surface area contributed by atoms with Crippen LogP contribution in [0.3, 0.4) is 0 Å². The smallest absolute Gasteiger partial charge is 0.229 e. The largest absolute Gasteiger partial charge is 0.315 e. The topological polar surface area (TPSA) is 37.4 Å². The quantitative estimate of drug-likeness (QED) is 0.718. The van der Waals surface area contributed by atoms with E-state index in [-0.39, 0.29) is 11.8 Å². The van der Waals surface area contributed by atoms with E-state index < -0.39 is 10.8 Å². The van der Waals surface area contributed by atoms with Crippen molar-refractivity contribution in [1.29, 1.82) is 0 Å². The molecule has 0 bridgehead atoms. The van der Waals surface area contributed by atoms with Gasteiger partial charge in [0.2, 0.25) is 5.91 Å². The van der Waals surface area contributed by atoms with Gasteiger partial charge in [0.05, 0.1) is 10.8 Å². The summed E-state index contributed by atoms with van der Waals surface area (Å²) in [5.74, 6) is 0.709. The van der Waals surface area contributed by atoms with Gasteiger partial charge in [0.1, 0.15) is 0 Å². The highest BCUT2D eigenvalue weighted by molar-refractivity contribution is 7.85. The Bertz CT molecular complexity index is 658. The zero-order valence-electron chi connectivity index (χ0n) is 14.4. The minimum Gasteiger partial charge on any atom is -0.315 e. The first-order chi connectivity index (χ1) is 11.6. The van der Waals surface area contributed by atoms with E-state index in [1.165, 1.54) is 0 Å². The van der Waals surface area contributed by atoms with E-state index in [9.17, 15) is 9.00 Å². The number of nitrogens with zero attached hydrogens (tertiary/aromatic N) is 1. The molecule has 0 aliphatic rings. The van der Waals surface area contributed by atoms with Crippen molar-refractivity contribution in [2.45, 2.75) is 31.1 Å². The molecule has 0 spiro atoms. The third kappa shape index (κ3) is 5.03. The third-order valence-electron chi connectivity index (χ3n) is 4.20. The minimum atomic E-state index is -0.987. The summed E-state index contributed by atoms with van der Waals surface area (Å²) >= 11 is 0. The van der Waals surface area contributed by atoms with Crippen molar-refractivity contribution >= 4 is 22.4 Å². The van der Waals surface area contributed by atoms with E-state index in [2.05, 4.69) is 0 Å². The highest BCUT2D eigenvalue weighted by atomic mass is 32.2. The fraction of sp³-hybridized carbons (Fsp3) is 0.350. The minimum absolute atomic E-state index is 0.0250. The lowest BCUT2D eigenvalue weighted by Crippen LogP contribution is -2.32. The number of para-hydroxylation sites is 1. The second-order valence-electron chi connectivity index (χ2n) is 5.84. The second-order valence-corrected chi connectivity index (χ2v) is 7.41. The summed E-state index contributed by atoms with van der Waals surface area (Å²) < 4.78 is 12.3. The third-order valence-corrected chi connectivity index (χ3v) is 5.66. The Balaban J connectivity index is 1.87. The van der Waals surface area contributed by atoms with Crippen molar-refractivity contribution in [3.05, 3.63) is 60.7 Å². The molecule has 2 aromatic rings. The number of hydrogen-bond donors (Lipinski definition) is 0. The van der Waals surface area contributed by atoms with Crippen molar-refractivity contribution in [3.8, 4) is 0 Å². The summed E-state index contributed by atoms with van der Waals surface area (Å²) in [7, 11) is 0.835. The molecule has 0 heterocycles. The first kappa shape index (κ1) is 18.4. The van der Waals surface area contributed by atoms with E-state index in [0.717, 1.165) is 29.8 Å². The fourth-order valence-corrected chi connectivity index (χ4v) is 3.83. The zero-order valence-corrected chi connectivity index (χ0v) is 15.2. The first-order valence-corrected chi connectivity index (χ1v) is 9.71. The molecule has 2 aromatic carbocycles. The lowest BCUT2D eigenvalue weighted by atomic mass is 9.99. The number of hydrogen-bond acceptors (Lipinski definition) is 2. The summed E-state index contributed by atoms with van der Waals surface area (Å²) in [4.78, 5) is 15.3. The van der Waals surface area contributed by atoms with Gasteiger partial charge in [-0.3, -0.25) is 9.00 Å². The van der Waals surface area contributed by atoms with Crippen LogP contribution in [0.4, 0.5) is 5.69 Å². The fourth-order valence-electron chi connectivity index (χ4n) is 2.71. The molecule has 0 fully saturated rings. The molecule has 0 N–H and O–H groups in total. The second kappa shape index (κ2) is 9.38. The molecule has 0 saturated carbocycles. The molecule has 0 aliphatic heterocycles. The summed E-state index contributed by atoms with van der Waals surface area (Å²) in [6, 6.07) is 19.2. The molecular formula is C20H25NO2S. The molecule has 4 heteroatoms. The van der Waals surface area contributed by atoms with Crippen molar-refractivity contribution in [3.63, 3.8) is 0 Å². The van der Waals surface area contributed by atoms with Crippen LogP contribution in [0, 0.1) is 5.92 Å². The molecule has 0 aliphatic carbocycles. The van der Waals surface area contributed by atoms with Crippen LogP contribution in [-0.2, 0) is 15.6 Å². The Morgan fingerprint density at radius 2 is 1.62 bits per heavy atom. The summed E-state index contributed by atoms with van der Waals surface area (Å²) in [5.41, 5.74) is 0.911. The van der Waals surface area contributed by atoms with Gasteiger partial charge in [-0.1, -0.05) is 43.3 Å². The SMILES string of the molecule is CCC(CCCS(=O)c1ccccc1)C(=O)N(C)c1ccccc1. The summed E-state index contributed by atoms with van der Waals surface area (Å²) in [6.07, 6.45) is 2.35. The van der Waals surface area contributed by atoms with Gasteiger partial charge in [0.25, 0.3) is 0 Å². The molecule has 2 unspecified atom stereocenters. The van der Waals surface area contributed by atoms with Gasteiger partial charge in [-0.2, -0.15) is 0 Å². The van der Waals surface area contributed by atoms with E-state index >= 15 is 0 Å². The van der Waals surface area contributed by atoms with Crippen molar-refractivity contribution in [1.82, 2.24) is 0 Å². The monoisotopic (exact) mass is 343 g/mol. The molecule has 2 rings (SSSR count). The molecule has 3 nitrogen and oxygen atoms in total. The van der Waals surface area contributed by atoms with Crippen LogP contribution in [-0.4, -0.2) is 22.9 Å². The highest BCUT2D eigenvalue weighted by Gasteiger charge is 2.21. The van der Waals surface area contributed by atoms with Gasteiger partial charge in [-0.15, -0.1) is 0 Å². The van der Waals surface area contributed by atoms with Crippen LogP contribution < -0.4 is 4.90 Å². The molecule has 0 radical (unpaired) electrons. The van der Waals surface area contributed by atoms with Crippen LogP contribution in [0.2, 0.25) is 0 Å². The molecular weight excluding hydrogens is 318 g/mol. The molecule has 0 saturated heterocycles. The number of carbonyl (C=O) groups excluding carboxylic acids is 1. The highest BCUT2D eigenvalue weighted by Crippen LogP contribution is 2.20. The normalized spacial score (nSPS) is 13.2. The Morgan fingerprint density at radius 1 is 1.04 bits per heavy atom. The maximum absolute atomic E-state index is 12.7. The van der Waals surface area contributed by atoms with E-state index in [0.29, 0.717) is 5.75 Å². The first-order valence-electron chi connectivity index (χ1n) is 8.39. The molecule has 2 atom stereocenters. The van der Waals surface area contributed by atoms with E-state index in [1.54, 1.807) is 4.90 Å². The molecule has 128 valence electrons. The molecule has 1 amide bonds. The average molecular weight is 343 g/mol. The number of benzene rings is 2. The van der Waals surface area contributed by atoms with Crippen LogP contribution in [0.5, 0.6) is 0 Å². The Labute approximate surface area is 147 Å². The number of rotatable bonds is 8. The average Bonchev–Trinajstić information content (AvgIpc) is 2.65. The maximum Gasteiger partial charge on any atom is 0.229 e. The lowest BCUT2D eigenvalue weighted by Gasteiger charge is -2.23. The van der Waals surface area contributed by atoms with Crippen molar-refractivity contribution in [2.24, 2.45) is 5.92 Å². The maximum atomic E-state index is 12.7. The number of anilines is 1. The van der Waals surface area contributed by atoms with Crippen LogP contribution >= 0.6 is 0 Å². The summed E-state index contributed by atoms with van der Waals surface area (Å²) in [5, 5.41) is 0. The van der Waals surface area contributed by atoms with Gasteiger partial charge >= 0.3 is 0 Å². The van der Waals surface area contributed by atoms with Gasteiger partial charge < -0.3 is 4.90 Å². The van der Waals surface area contributed by atoms with Gasteiger partial charge in [-0.25, -0.2) is 0 Å². The predicted molar refractivity (Wildman–Crippen MR) is 101 cm³/mol. The zero-order chi connectivity index (χ0) is 17.4. The Hall–Kier alpha value is -1.94. The van der Waals surface area contributed by atoms with Crippen LogP contribution in [0.1, 0.15) is 26.2 Å². The lowest BCUT2D eigenvalue weighted by molar-refractivity contribution is -0.122.